The Balaban J connectivity index is 1.34. The van der Waals surface area contributed by atoms with Crippen molar-refractivity contribution >= 4 is 39.6 Å². The van der Waals surface area contributed by atoms with Gasteiger partial charge in [-0.15, -0.1) is 0 Å². The van der Waals surface area contributed by atoms with E-state index < -0.39 is 0 Å². The quantitative estimate of drug-likeness (QED) is 0.579. The Hall–Kier alpha value is -2.93. The van der Waals surface area contributed by atoms with Crippen molar-refractivity contribution < 1.29 is 4.74 Å². The minimum absolute atomic E-state index is 0.292. The zero-order valence-electron chi connectivity index (χ0n) is 14.6. The molecule has 27 heavy (non-hydrogen) atoms. The summed E-state index contributed by atoms with van der Waals surface area (Å²) in [6.07, 6.45) is 5.42. The lowest BCUT2D eigenvalue weighted by molar-refractivity contribution is 0.252. The molecule has 0 saturated heterocycles. The average molecular weight is 381 g/mol. The molecule has 1 saturated carbocycles. The van der Waals surface area contributed by atoms with Gasteiger partial charge in [-0.2, -0.15) is 4.98 Å². The number of rotatable bonds is 4. The Kier molecular flexibility index (Phi) is 3.82. The van der Waals surface area contributed by atoms with Gasteiger partial charge in [0.15, 0.2) is 5.65 Å². The van der Waals surface area contributed by atoms with Crippen LogP contribution in [0.2, 0.25) is 5.02 Å². The van der Waals surface area contributed by atoms with Crippen molar-refractivity contribution in [2.45, 2.75) is 24.9 Å². The maximum atomic E-state index is 6.05. The van der Waals surface area contributed by atoms with Gasteiger partial charge in [-0.3, -0.25) is 9.55 Å². The fraction of sp³-hybridized carbons (Fsp3) is 0.263. The Labute approximate surface area is 160 Å². The molecule has 1 aromatic carbocycles. The van der Waals surface area contributed by atoms with E-state index in [0.29, 0.717) is 23.1 Å². The second-order valence-electron chi connectivity index (χ2n) is 6.67. The predicted molar refractivity (Wildman–Crippen MR) is 104 cm³/mol. The molecule has 0 atom stereocenters. The maximum Gasteiger partial charge on any atom is 0.298 e. The van der Waals surface area contributed by atoms with Crippen LogP contribution in [0.15, 0.2) is 42.7 Å². The fourth-order valence-corrected chi connectivity index (χ4v) is 3.73. The highest BCUT2D eigenvalue weighted by Crippen LogP contribution is 2.39. The standard InChI is InChI=1S/C19H17ClN6O/c1-27-19-25-15-3-2-6-21-18(15)26(19)13-8-12(9-13)23-17-10-22-14-5-4-11(20)7-16(14)24-17/h2-7,10,12-13H,8-9H2,1H3,(H,23,24). The molecule has 0 radical (unpaired) electrons. The summed E-state index contributed by atoms with van der Waals surface area (Å²) < 4.78 is 7.54. The number of ether oxygens (including phenoxy) is 1. The van der Waals surface area contributed by atoms with Crippen molar-refractivity contribution in [2.24, 2.45) is 0 Å². The van der Waals surface area contributed by atoms with Crippen molar-refractivity contribution in [1.29, 1.82) is 0 Å². The molecule has 136 valence electrons. The summed E-state index contributed by atoms with van der Waals surface area (Å²) in [5.41, 5.74) is 3.33. The number of aromatic nitrogens is 5. The van der Waals surface area contributed by atoms with Crippen molar-refractivity contribution in [3.05, 3.63) is 47.7 Å². The molecular weight excluding hydrogens is 364 g/mol. The SMILES string of the molecule is COc1nc2cccnc2n1C1CC(Nc2cnc3ccc(Cl)cc3n2)C1. The van der Waals surface area contributed by atoms with Crippen LogP contribution in [0.3, 0.4) is 0 Å². The van der Waals surface area contributed by atoms with E-state index in [4.69, 9.17) is 16.3 Å². The van der Waals surface area contributed by atoms with E-state index >= 15 is 0 Å². The molecule has 1 aliphatic carbocycles. The molecule has 1 aliphatic rings. The lowest BCUT2D eigenvalue weighted by atomic mass is 9.86. The maximum absolute atomic E-state index is 6.05. The monoisotopic (exact) mass is 380 g/mol. The van der Waals surface area contributed by atoms with Gasteiger partial charge in [0.1, 0.15) is 11.3 Å². The van der Waals surface area contributed by atoms with E-state index in [2.05, 4.69) is 29.8 Å². The molecule has 4 aromatic rings. The lowest BCUT2D eigenvalue weighted by Crippen LogP contribution is -2.37. The first-order valence-corrected chi connectivity index (χ1v) is 9.15. The Morgan fingerprint density at radius 3 is 2.85 bits per heavy atom. The van der Waals surface area contributed by atoms with Crippen molar-refractivity contribution in [3.8, 4) is 6.01 Å². The number of benzene rings is 1. The van der Waals surface area contributed by atoms with Gasteiger partial charge in [0.2, 0.25) is 0 Å². The van der Waals surface area contributed by atoms with Crippen LogP contribution in [-0.4, -0.2) is 37.7 Å². The van der Waals surface area contributed by atoms with Crippen LogP contribution < -0.4 is 10.1 Å². The van der Waals surface area contributed by atoms with Crippen LogP contribution in [0, 0.1) is 0 Å². The number of halogens is 1. The second-order valence-corrected chi connectivity index (χ2v) is 7.11. The van der Waals surface area contributed by atoms with Crippen LogP contribution >= 0.6 is 11.6 Å². The summed E-state index contributed by atoms with van der Waals surface area (Å²) in [6.45, 7) is 0. The van der Waals surface area contributed by atoms with Crippen LogP contribution in [0.4, 0.5) is 5.82 Å². The third kappa shape index (κ3) is 2.84. The zero-order valence-corrected chi connectivity index (χ0v) is 15.4. The van der Waals surface area contributed by atoms with E-state index in [-0.39, 0.29) is 0 Å². The molecule has 0 amide bonds. The van der Waals surface area contributed by atoms with Crippen molar-refractivity contribution in [2.75, 3.05) is 12.4 Å². The molecule has 1 N–H and O–H groups in total. The van der Waals surface area contributed by atoms with Crippen LogP contribution in [0.5, 0.6) is 6.01 Å². The van der Waals surface area contributed by atoms with Crippen LogP contribution in [0.25, 0.3) is 22.2 Å². The molecular formula is C19H17ClN6O. The summed E-state index contributed by atoms with van der Waals surface area (Å²) in [7, 11) is 1.64. The largest absolute Gasteiger partial charge is 0.468 e. The number of hydrogen-bond acceptors (Lipinski definition) is 6. The molecule has 3 heterocycles. The molecule has 1 fully saturated rings. The van der Waals surface area contributed by atoms with E-state index in [1.54, 1.807) is 19.5 Å². The molecule has 8 heteroatoms. The van der Waals surface area contributed by atoms with Crippen molar-refractivity contribution in [1.82, 2.24) is 24.5 Å². The van der Waals surface area contributed by atoms with Crippen molar-refractivity contribution in [3.63, 3.8) is 0 Å². The number of fused-ring (bicyclic) bond motifs is 2. The normalized spacial score (nSPS) is 19.2. The molecule has 3 aromatic heterocycles. The van der Waals surface area contributed by atoms with Gasteiger partial charge in [0.25, 0.3) is 6.01 Å². The number of anilines is 1. The molecule has 0 spiro atoms. The Morgan fingerprint density at radius 2 is 2.00 bits per heavy atom. The van der Waals surface area contributed by atoms with Gasteiger partial charge in [-0.05, 0) is 43.2 Å². The molecule has 0 aliphatic heterocycles. The van der Waals surface area contributed by atoms with Gasteiger partial charge < -0.3 is 10.1 Å². The number of imidazole rings is 1. The minimum Gasteiger partial charge on any atom is -0.468 e. The van der Waals surface area contributed by atoms with Gasteiger partial charge >= 0.3 is 0 Å². The third-order valence-corrected chi connectivity index (χ3v) is 5.17. The minimum atomic E-state index is 0.292. The van der Waals surface area contributed by atoms with Crippen LogP contribution in [-0.2, 0) is 0 Å². The predicted octanol–water partition coefficient (Wildman–Crippen LogP) is 3.85. The van der Waals surface area contributed by atoms with Gasteiger partial charge in [0, 0.05) is 23.3 Å². The first-order chi connectivity index (χ1) is 13.2. The zero-order chi connectivity index (χ0) is 18.4. The highest BCUT2D eigenvalue weighted by Gasteiger charge is 2.34. The van der Waals surface area contributed by atoms with Gasteiger partial charge in [-0.25, -0.2) is 9.97 Å². The van der Waals surface area contributed by atoms with E-state index in [1.165, 1.54) is 0 Å². The van der Waals surface area contributed by atoms with Crippen LogP contribution in [0.1, 0.15) is 18.9 Å². The highest BCUT2D eigenvalue weighted by atomic mass is 35.5. The Bertz CT molecular complexity index is 1140. The number of hydrogen-bond donors (Lipinski definition) is 1. The fourth-order valence-electron chi connectivity index (χ4n) is 3.56. The first-order valence-electron chi connectivity index (χ1n) is 8.77. The average Bonchev–Trinajstić information content (AvgIpc) is 3.02. The molecule has 7 nitrogen and oxygen atoms in total. The number of methoxy groups -OCH3 is 1. The summed E-state index contributed by atoms with van der Waals surface area (Å²) in [4.78, 5) is 18.0. The van der Waals surface area contributed by atoms with Gasteiger partial charge in [-0.1, -0.05) is 11.6 Å². The summed E-state index contributed by atoms with van der Waals surface area (Å²) in [6, 6.07) is 10.6. The lowest BCUT2D eigenvalue weighted by Gasteiger charge is -2.37. The highest BCUT2D eigenvalue weighted by molar-refractivity contribution is 6.31. The topological polar surface area (TPSA) is 77.8 Å². The van der Waals surface area contributed by atoms with E-state index in [0.717, 1.165) is 40.9 Å². The number of pyridine rings is 1. The molecule has 5 rings (SSSR count). The smallest absolute Gasteiger partial charge is 0.298 e. The summed E-state index contributed by atoms with van der Waals surface area (Å²) in [5.74, 6) is 0.758. The Morgan fingerprint density at radius 1 is 1.11 bits per heavy atom. The summed E-state index contributed by atoms with van der Waals surface area (Å²) >= 11 is 6.05. The number of nitrogens with one attached hydrogen (secondary N) is 1. The van der Waals surface area contributed by atoms with E-state index in [1.807, 2.05) is 30.3 Å². The second kappa shape index (κ2) is 6.35. The molecule has 0 bridgehead atoms. The van der Waals surface area contributed by atoms with Gasteiger partial charge in [0.05, 0.1) is 24.3 Å². The third-order valence-electron chi connectivity index (χ3n) is 4.93. The first kappa shape index (κ1) is 16.3. The van der Waals surface area contributed by atoms with E-state index in [9.17, 15) is 0 Å². The molecule has 0 unspecified atom stereocenters. The number of nitrogens with zero attached hydrogens (tertiary/aromatic N) is 5. The summed E-state index contributed by atoms with van der Waals surface area (Å²) in [5, 5.41) is 4.11.